The van der Waals surface area contributed by atoms with E-state index in [0.29, 0.717) is 37.0 Å². The van der Waals surface area contributed by atoms with E-state index in [1.807, 2.05) is 0 Å². The van der Waals surface area contributed by atoms with Crippen molar-refractivity contribution in [2.24, 2.45) is 23.7 Å². The van der Waals surface area contributed by atoms with Gasteiger partial charge in [0.25, 0.3) is 0 Å². The Balaban J connectivity index is 1.58. The number of carbonyl (C=O) groups is 2. The number of rotatable bonds is 4. The Kier molecular flexibility index (Phi) is 3.98. The van der Waals surface area contributed by atoms with Gasteiger partial charge in [0.1, 0.15) is 5.54 Å². The van der Waals surface area contributed by atoms with Crippen molar-refractivity contribution >= 4 is 11.9 Å². The maximum Gasteiger partial charge on any atom is 0.329 e. The smallest absolute Gasteiger partial charge is 0.329 e. The number of hydrogen-bond donors (Lipinski definition) is 2. The molecule has 1 amide bonds. The molecule has 0 radical (unpaired) electrons. The molecule has 4 nitrogen and oxygen atoms in total. The lowest BCUT2D eigenvalue weighted by Crippen LogP contribution is -2.56. The second kappa shape index (κ2) is 5.62. The van der Waals surface area contributed by atoms with Gasteiger partial charge in [-0.3, -0.25) is 4.79 Å². The number of amides is 1. The molecule has 0 heterocycles. The normalized spacial score (nSPS) is 42.0. The van der Waals surface area contributed by atoms with E-state index < -0.39 is 11.5 Å². The predicted octanol–water partition coefficient (Wildman–Crippen LogP) is 2.96. The van der Waals surface area contributed by atoms with Crippen molar-refractivity contribution < 1.29 is 14.7 Å². The van der Waals surface area contributed by atoms with Crippen molar-refractivity contribution in [3.63, 3.8) is 0 Å². The summed E-state index contributed by atoms with van der Waals surface area (Å²) in [6, 6.07) is 0. The summed E-state index contributed by atoms with van der Waals surface area (Å²) < 4.78 is 0. The molecule has 3 atom stereocenters. The van der Waals surface area contributed by atoms with Crippen molar-refractivity contribution in [2.75, 3.05) is 0 Å². The van der Waals surface area contributed by atoms with Gasteiger partial charge >= 0.3 is 5.97 Å². The fraction of sp³-hybridized carbons (Fsp3) is 0.882. The molecule has 0 spiro atoms. The Morgan fingerprint density at radius 1 is 1.14 bits per heavy atom. The van der Waals surface area contributed by atoms with E-state index in [4.69, 9.17) is 0 Å². The van der Waals surface area contributed by atoms with Gasteiger partial charge < -0.3 is 10.4 Å². The zero-order chi connectivity index (χ0) is 15.0. The second-order valence-corrected chi connectivity index (χ2v) is 7.76. The third kappa shape index (κ3) is 2.95. The molecular weight excluding hydrogens is 266 g/mol. The highest BCUT2D eigenvalue weighted by atomic mass is 16.4. The van der Waals surface area contributed by atoms with Gasteiger partial charge in [0, 0.05) is 6.42 Å². The first-order valence-corrected chi connectivity index (χ1v) is 8.53. The van der Waals surface area contributed by atoms with Crippen LogP contribution in [0.15, 0.2) is 0 Å². The summed E-state index contributed by atoms with van der Waals surface area (Å²) in [4.78, 5) is 24.0. The molecule has 0 aromatic carbocycles. The molecule has 4 heteroatoms. The van der Waals surface area contributed by atoms with Gasteiger partial charge in [-0.05, 0) is 68.6 Å². The predicted molar refractivity (Wildman–Crippen MR) is 79.7 cm³/mol. The van der Waals surface area contributed by atoms with Gasteiger partial charge in [0.2, 0.25) is 5.91 Å². The lowest BCUT2D eigenvalue weighted by molar-refractivity contribution is -0.149. The van der Waals surface area contributed by atoms with E-state index in [9.17, 15) is 14.7 Å². The molecule has 21 heavy (non-hydrogen) atoms. The average molecular weight is 293 g/mol. The zero-order valence-electron chi connectivity index (χ0n) is 12.9. The molecule has 0 saturated heterocycles. The number of carboxylic acid groups (broad SMARTS) is 1. The Morgan fingerprint density at radius 3 is 2.38 bits per heavy atom. The van der Waals surface area contributed by atoms with E-state index >= 15 is 0 Å². The van der Waals surface area contributed by atoms with E-state index in [2.05, 4.69) is 12.2 Å². The van der Waals surface area contributed by atoms with Crippen molar-refractivity contribution in [1.29, 1.82) is 0 Å². The number of nitrogens with one attached hydrogen (secondary N) is 1. The van der Waals surface area contributed by atoms with E-state index in [-0.39, 0.29) is 5.91 Å². The molecule has 3 unspecified atom stereocenters. The van der Waals surface area contributed by atoms with Gasteiger partial charge in [0.15, 0.2) is 0 Å². The SMILES string of the molecule is CC1CCC(NC(=O)CC2CC3CCC2C3)(C(=O)O)CC1. The second-order valence-electron chi connectivity index (χ2n) is 7.76. The summed E-state index contributed by atoms with van der Waals surface area (Å²) >= 11 is 0. The third-order valence-electron chi connectivity index (χ3n) is 6.25. The molecule has 118 valence electrons. The average Bonchev–Trinajstić information content (AvgIpc) is 3.03. The van der Waals surface area contributed by atoms with Crippen LogP contribution in [-0.2, 0) is 9.59 Å². The van der Waals surface area contributed by atoms with Crippen molar-refractivity contribution in [1.82, 2.24) is 5.32 Å². The Morgan fingerprint density at radius 2 is 1.86 bits per heavy atom. The van der Waals surface area contributed by atoms with Crippen LogP contribution in [0.25, 0.3) is 0 Å². The number of carbonyl (C=O) groups excluding carboxylic acids is 1. The monoisotopic (exact) mass is 293 g/mol. The third-order valence-corrected chi connectivity index (χ3v) is 6.25. The first-order chi connectivity index (χ1) is 9.98. The molecule has 3 rings (SSSR count). The number of aliphatic carboxylic acids is 1. The molecule has 3 fully saturated rings. The first kappa shape index (κ1) is 14.9. The minimum atomic E-state index is -0.999. The summed E-state index contributed by atoms with van der Waals surface area (Å²) in [5.74, 6) is 1.72. The maximum absolute atomic E-state index is 12.4. The minimum absolute atomic E-state index is 0.0375. The van der Waals surface area contributed by atoms with Crippen LogP contribution in [0.5, 0.6) is 0 Å². The number of hydrogen-bond acceptors (Lipinski definition) is 2. The standard InChI is InChI=1S/C17H27NO3/c1-11-4-6-17(7-5-11,16(20)21)18-15(19)10-14-9-12-2-3-13(14)8-12/h11-14H,2-10H2,1H3,(H,18,19)(H,20,21). The van der Waals surface area contributed by atoms with Gasteiger partial charge in [-0.15, -0.1) is 0 Å². The summed E-state index contributed by atoms with van der Waals surface area (Å²) in [5, 5.41) is 12.5. The fourth-order valence-corrected chi connectivity index (χ4v) is 4.83. The minimum Gasteiger partial charge on any atom is -0.480 e. The Labute approximate surface area is 126 Å². The highest BCUT2D eigenvalue weighted by molar-refractivity contribution is 5.87. The Hall–Kier alpha value is -1.06. The summed E-state index contributed by atoms with van der Waals surface area (Å²) in [5.41, 5.74) is -0.999. The number of fused-ring (bicyclic) bond motifs is 2. The molecule has 3 aliphatic carbocycles. The van der Waals surface area contributed by atoms with Crippen LogP contribution >= 0.6 is 0 Å². The summed E-state index contributed by atoms with van der Waals surface area (Å²) in [7, 11) is 0. The number of carboxylic acids is 1. The fourth-order valence-electron chi connectivity index (χ4n) is 4.83. The molecule has 2 bridgehead atoms. The van der Waals surface area contributed by atoms with Crippen LogP contribution in [0, 0.1) is 23.7 Å². The van der Waals surface area contributed by atoms with Crippen molar-refractivity contribution in [3.8, 4) is 0 Å². The summed E-state index contributed by atoms with van der Waals surface area (Å²) in [6.45, 7) is 2.16. The van der Waals surface area contributed by atoms with E-state index in [1.165, 1.54) is 25.7 Å². The van der Waals surface area contributed by atoms with Gasteiger partial charge in [-0.2, -0.15) is 0 Å². The van der Waals surface area contributed by atoms with Crippen molar-refractivity contribution in [2.45, 2.75) is 70.3 Å². The summed E-state index contributed by atoms with van der Waals surface area (Å²) in [6.07, 6.45) is 8.53. The Bertz CT molecular complexity index is 426. The highest BCUT2D eigenvalue weighted by Gasteiger charge is 2.44. The van der Waals surface area contributed by atoms with E-state index in [1.54, 1.807) is 0 Å². The van der Waals surface area contributed by atoms with Crippen LogP contribution in [0.1, 0.15) is 64.7 Å². The lowest BCUT2D eigenvalue weighted by Gasteiger charge is -2.37. The molecule has 2 N–H and O–H groups in total. The molecule has 3 saturated carbocycles. The van der Waals surface area contributed by atoms with Crippen molar-refractivity contribution in [3.05, 3.63) is 0 Å². The van der Waals surface area contributed by atoms with Crippen LogP contribution < -0.4 is 5.32 Å². The zero-order valence-corrected chi connectivity index (χ0v) is 12.9. The van der Waals surface area contributed by atoms with Crippen LogP contribution in [0.3, 0.4) is 0 Å². The molecule has 0 aromatic rings. The van der Waals surface area contributed by atoms with Crippen LogP contribution in [0.2, 0.25) is 0 Å². The molecule has 0 aliphatic heterocycles. The maximum atomic E-state index is 12.4. The molecular formula is C17H27NO3. The van der Waals surface area contributed by atoms with Crippen LogP contribution in [0.4, 0.5) is 0 Å². The van der Waals surface area contributed by atoms with E-state index in [0.717, 1.165) is 18.8 Å². The first-order valence-electron chi connectivity index (χ1n) is 8.53. The van der Waals surface area contributed by atoms with Gasteiger partial charge in [-0.1, -0.05) is 13.3 Å². The quantitative estimate of drug-likeness (QED) is 0.837. The topological polar surface area (TPSA) is 66.4 Å². The van der Waals surface area contributed by atoms with Gasteiger partial charge in [0.05, 0.1) is 0 Å². The molecule has 3 aliphatic rings. The molecule has 0 aromatic heterocycles. The highest BCUT2D eigenvalue weighted by Crippen LogP contribution is 2.49. The van der Waals surface area contributed by atoms with Crippen LogP contribution in [-0.4, -0.2) is 22.5 Å². The lowest BCUT2D eigenvalue weighted by atomic mass is 9.76. The van der Waals surface area contributed by atoms with Gasteiger partial charge in [-0.25, -0.2) is 4.79 Å². The largest absolute Gasteiger partial charge is 0.480 e.